The first-order valence-electron chi connectivity index (χ1n) is 6.39. The van der Waals surface area contributed by atoms with Crippen LogP contribution in [-0.2, 0) is 0 Å². The predicted molar refractivity (Wildman–Crippen MR) is 78.6 cm³/mol. The Balaban J connectivity index is 3.38. The average Bonchev–Trinajstić information content (AvgIpc) is 2.29. The van der Waals surface area contributed by atoms with Gasteiger partial charge in [-0.05, 0) is 38.0 Å². The summed E-state index contributed by atoms with van der Waals surface area (Å²) >= 11 is 8.62. The molecule has 0 aromatic carbocycles. The van der Waals surface area contributed by atoms with Gasteiger partial charge in [-0.25, -0.2) is 0 Å². The Labute approximate surface area is 111 Å². The summed E-state index contributed by atoms with van der Waals surface area (Å²) in [6.45, 7) is 0.767. The van der Waals surface area contributed by atoms with E-state index in [9.17, 15) is 5.11 Å². The molecule has 0 aliphatic rings. The van der Waals surface area contributed by atoms with E-state index in [4.69, 9.17) is 5.73 Å². The topological polar surface area (TPSA) is 46.2 Å². The molecule has 16 heavy (non-hydrogen) atoms. The molecule has 0 aliphatic carbocycles. The molecule has 0 fully saturated rings. The van der Waals surface area contributed by atoms with E-state index in [2.05, 4.69) is 25.3 Å². The highest BCUT2D eigenvalue weighted by Crippen LogP contribution is 2.17. The summed E-state index contributed by atoms with van der Waals surface area (Å²) in [4.78, 5) is 0. The number of unbranched alkanes of at least 4 members (excludes halogenated alkanes) is 4. The van der Waals surface area contributed by atoms with Crippen LogP contribution in [0.2, 0.25) is 0 Å². The normalized spacial score (nSPS) is 15.0. The number of nitrogens with two attached hydrogens (primary N) is 1. The summed E-state index contributed by atoms with van der Waals surface area (Å²) < 4.78 is 0. The monoisotopic (exact) mass is 265 g/mol. The highest BCUT2D eigenvalue weighted by Gasteiger charge is 2.13. The Bertz CT molecular complexity index is 131. The van der Waals surface area contributed by atoms with Crippen molar-refractivity contribution in [1.29, 1.82) is 0 Å². The van der Waals surface area contributed by atoms with Gasteiger partial charge in [0.2, 0.25) is 0 Å². The number of hydrogen-bond donors (Lipinski definition) is 4. The largest absolute Gasteiger partial charge is 0.392 e. The standard InChI is InChI=1S/C12H27NOS2/c13-9-5-1-4-8-12(16)11(14)7-3-2-6-10-15/h11-12,14-16H,1-10,13H2. The van der Waals surface area contributed by atoms with E-state index in [1.807, 2.05) is 0 Å². The Morgan fingerprint density at radius 1 is 0.938 bits per heavy atom. The molecule has 0 amide bonds. The minimum absolute atomic E-state index is 0.133. The maximum absolute atomic E-state index is 9.85. The lowest BCUT2D eigenvalue weighted by atomic mass is 10.0. The van der Waals surface area contributed by atoms with Gasteiger partial charge in [-0.3, -0.25) is 0 Å². The van der Waals surface area contributed by atoms with E-state index in [0.29, 0.717) is 0 Å². The molecule has 0 spiro atoms. The highest BCUT2D eigenvalue weighted by atomic mass is 32.1. The summed E-state index contributed by atoms with van der Waals surface area (Å²) in [5.74, 6) is 0.944. The third-order valence-corrected chi connectivity index (χ3v) is 3.72. The molecule has 0 aromatic rings. The molecule has 98 valence electrons. The fourth-order valence-corrected chi connectivity index (χ4v) is 2.26. The lowest BCUT2D eigenvalue weighted by Gasteiger charge is -2.17. The SMILES string of the molecule is NCCCCCC(S)C(O)CCCCCS. The molecule has 2 atom stereocenters. The van der Waals surface area contributed by atoms with Crippen LogP contribution < -0.4 is 5.73 Å². The van der Waals surface area contributed by atoms with Gasteiger partial charge in [0.15, 0.2) is 0 Å². The van der Waals surface area contributed by atoms with Crippen molar-refractivity contribution >= 4 is 25.3 Å². The number of aliphatic hydroxyl groups excluding tert-OH is 1. The highest BCUT2D eigenvalue weighted by molar-refractivity contribution is 7.81. The van der Waals surface area contributed by atoms with Gasteiger partial charge in [0, 0.05) is 5.25 Å². The molecular formula is C12H27NOS2. The second kappa shape index (κ2) is 12.1. The van der Waals surface area contributed by atoms with Crippen molar-refractivity contribution in [2.45, 2.75) is 62.7 Å². The van der Waals surface area contributed by atoms with Crippen LogP contribution >= 0.6 is 25.3 Å². The van der Waals surface area contributed by atoms with E-state index < -0.39 is 0 Å². The number of hydrogen-bond acceptors (Lipinski definition) is 4. The zero-order valence-electron chi connectivity index (χ0n) is 10.1. The third-order valence-electron chi connectivity index (χ3n) is 2.81. The number of aliphatic hydroxyl groups is 1. The molecule has 0 aliphatic heterocycles. The number of thiol groups is 2. The molecule has 0 saturated heterocycles. The predicted octanol–water partition coefficient (Wildman–Crippen LogP) is 2.66. The van der Waals surface area contributed by atoms with Gasteiger partial charge in [-0.1, -0.05) is 25.7 Å². The van der Waals surface area contributed by atoms with Crippen LogP contribution in [0.3, 0.4) is 0 Å². The summed E-state index contributed by atoms with van der Waals surface area (Å²) in [6, 6.07) is 0. The van der Waals surface area contributed by atoms with Gasteiger partial charge in [0.05, 0.1) is 6.10 Å². The molecule has 0 bridgehead atoms. The lowest BCUT2D eigenvalue weighted by Crippen LogP contribution is -2.20. The van der Waals surface area contributed by atoms with E-state index in [-0.39, 0.29) is 11.4 Å². The van der Waals surface area contributed by atoms with Gasteiger partial charge in [-0.15, -0.1) is 0 Å². The molecule has 0 radical (unpaired) electrons. The van der Waals surface area contributed by atoms with Crippen molar-refractivity contribution < 1.29 is 5.11 Å². The fraction of sp³-hybridized carbons (Fsp3) is 1.00. The Kier molecular flexibility index (Phi) is 12.6. The fourth-order valence-electron chi connectivity index (χ4n) is 1.70. The molecule has 0 rings (SSSR count). The van der Waals surface area contributed by atoms with E-state index in [0.717, 1.165) is 63.7 Å². The van der Waals surface area contributed by atoms with Crippen molar-refractivity contribution in [1.82, 2.24) is 0 Å². The van der Waals surface area contributed by atoms with Gasteiger partial charge < -0.3 is 10.8 Å². The molecule has 3 N–H and O–H groups in total. The summed E-state index contributed by atoms with van der Waals surface area (Å²) in [5, 5.41) is 9.99. The van der Waals surface area contributed by atoms with Crippen molar-refractivity contribution in [3.05, 3.63) is 0 Å². The number of rotatable bonds is 11. The molecule has 2 unspecified atom stereocenters. The van der Waals surface area contributed by atoms with Crippen LogP contribution in [0.4, 0.5) is 0 Å². The maximum Gasteiger partial charge on any atom is 0.0656 e. The maximum atomic E-state index is 9.85. The molecular weight excluding hydrogens is 238 g/mol. The van der Waals surface area contributed by atoms with Crippen LogP contribution in [0.15, 0.2) is 0 Å². The van der Waals surface area contributed by atoms with Crippen LogP contribution in [-0.4, -0.2) is 28.8 Å². The van der Waals surface area contributed by atoms with Gasteiger partial charge >= 0.3 is 0 Å². The molecule has 2 nitrogen and oxygen atoms in total. The van der Waals surface area contributed by atoms with Gasteiger partial charge in [0.1, 0.15) is 0 Å². The molecule has 0 aromatic heterocycles. The van der Waals surface area contributed by atoms with E-state index in [1.165, 1.54) is 0 Å². The first-order valence-corrected chi connectivity index (χ1v) is 7.54. The Hall–Kier alpha value is 0.620. The zero-order valence-corrected chi connectivity index (χ0v) is 11.9. The van der Waals surface area contributed by atoms with E-state index >= 15 is 0 Å². The third kappa shape index (κ3) is 9.82. The van der Waals surface area contributed by atoms with Crippen molar-refractivity contribution in [3.63, 3.8) is 0 Å². The molecule has 0 saturated carbocycles. The van der Waals surface area contributed by atoms with Crippen molar-refractivity contribution in [2.24, 2.45) is 5.73 Å². The Morgan fingerprint density at radius 2 is 1.56 bits per heavy atom. The minimum atomic E-state index is -0.249. The summed E-state index contributed by atoms with van der Waals surface area (Å²) in [5.41, 5.74) is 5.42. The van der Waals surface area contributed by atoms with Crippen LogP contribution in [0.1, 0.15) is 51.4 Å². The smallest absolute Gasteiger partial charge is 0.0656 e. The first kappa shape index (κ1) is 16.6. The Morgan fingerprint density at radius 3 is 2.19 bits per heavy atom. The van der Waals surface area contributed by atoms with E-state index in [1.54, 1.807) is 0 Å². The summed E-state index contributed by atoms with van der Waals surface area (Å²) in [7, 11) is 0. The first-order chi connectivity index (χ1) is 7.72. The molecule has 0 heterocycles. The van der Waals surface area contributed by atoms with Gasteiger partial charge in [0.25, 0.3) is 0 Å². The van der Waals surface area contributed by atoms with Crippen molar-refractivity contribution in [3.8, 4) is 0 Å². The van der Waals surface area contributed by atoms with Crippen LogP contribution in [0.5, 0.6) is 0 Å². The summed E-state index contributed by atoms with van der Waals surface area (Å²) in [6.07, 6.45) is 8.37. The minimum Gasteiger partial charge on any atom is -0.392 e. The second-order valence-electron chi connectivity index (χ2n) is 4.35. The quantitative estimate of drug-likeness (QED) is 0.343. The lowest BCUT2D eigenvalue weighted by molar-refractivity contribution is 0.154. The van der Waals surface area contributed by atoms with Crippen LogP contribution in [0.25, 0.3) is 0 Å². The average molecular weight is 265 g/mol. The molecule has 4 heteroatoms. The van der Waals surface area contributed by atoms with Crippen LogP contribution in [0, 0.1) is 0 Å². The van der Waals surface area contributed by atoms with Crippen molar-refractivity contribution in [2.75, 3.05) is 12.3 Å². The zero-order chi connectivity index (χ0) is 12.2. The van der Waals surface area contributed by atoms with Gasteiger partial charge in [-0.2, -0.15) is 25.3 Å². The second-order valence-corrected chi connectivity index (χ2v) is 5.46.